The molecule has 0 saturated carbocycles. The Balaban J connectivity index is 2.82. The molecule has 0 aliphatic rings. The lowest BCUT2D eigenvalue weighted by Gasteiger charge is -2.25. The first kappa shape index (κ1) is 11.3. The second-order valence-electron chi connectivity index (χ2n) is 4.03. The minimum Gasteiger partial charge on any atom is -0.390 e. The van der Waals surface area contributed by atoms with Crippen LogP contribution in [0, 0.1) is 6.92 Å². The van der Waals surface area contributed by atoms with Gasteiger partial charge in [-0.15, -0.1) is 0 Å². The van der Waals surface area contributed by atoms with Crippen LogP contribution >= 0.6 is 0 Å². The minimum atomic E-state index is -0.522. The molecular formula is C13H20O. The molecule has 1 heteroatoms. The van der Waals surface area contributed by atoms with Crippen molar-refractivity contribution in [3.63, 3.8) is 0 Å². The van der Waals surface area contributed by atoms with Crippen molar-refractivity contribution in [2.24, 2.45) is 0 Å². The van der Waals surface area contributed by atoms with Gasteiger partial charge in [-0.1, -0.05) is 38.1 Å². The fraction of sp³-hybridized carbons (Fsp3) is 0.538. The summed E-state index contributed by atoms with van der Waals surface area (Å²) in [6.07, 6.45) is 2.41. The maximum absolute atomic E-state index is 10.2. The predicted molar refractivity (Wildman–Crippen MR) is 60.4 cm³/mol. The van der Waals surface area contributed by atoms with Gasteiger partial charge < -0.3 is 5.11 Å². The Bertz CT molecular complexity index is 287. The lowest BCUT2D eigenvalue weighted by molar-refractivity contribution is 0.0325. The number of hydrogen-bond donors (Lipinski definition) is 1. The number of benzene rings is 1. The van der Waals surface area contributed by atoms with E-state index in [4.69, 9.17) is 0 Å². The molecule has 0 aliphatic carbocycles. The molecule has 1 nitrogen and oxygen atoms in total. The largest absolute Gasteiger partial charge is 0.390 e. The van der Waals surface area contributed by atoms with Crippen LogP contribution in [-0.4, -0.2) is 10.7 Å². The smallest absolute Gasteiger partial charge is 0.0682 e. The summed E-state index contributed by atoms with van der Waals surface area (Å²) in [6, 6.07) is 8.27. The maximum atomic E-state index is 10.2. The third-order valence-corrected chi connectivity index (χ3v) is 3.10. The molecule has 0 atom stereocenters. The van der Waals surface area contributed by atoms with E-state index in [2.05, 4.69) is 19.1 Å². The third-order valence-electron chi connectivity index (χ3n) is 3.10. The molecule has 0 amide bonds. The van der Waals surface area contributed by atoms with Crippen LogP contribution in [0.1, 0.15) is 37.8 Å². The molecule has 0 radical (unpaired) electrons. The second kappa shape index (κ2) is 4.61. The third kappa shape index (κ3) is 2.58. The lowest BCUT2D eigenvalue weighted by Crippen LogP contribution is -2.29. The Hall–Kier alpha value is -0.820. The fourth-order valence-corrected chi connectivity index (χ4v) is 1.66. The molecule has 1 aromatic rings. The minimum absolute atomic E-state index is 0.522. The first-order valence-corrected chi connectivity index (χ1v) is 5.38. The van der Waals surface area contributed by atoms with E-state index in [9.17, 15) is 5.11 Å². The Morgan fingerprint density at radius 2 is 1.71 bits per heavy atom. The first-order valence-electron chi connectivity index (χ1n) is 5.38. The maximum Gasteiger partial charge on any atom is 0.0682 e. The van der Waals surface area contributed by atoms with Gasteiger partial charge in [-0.05, 0) is 30.9 Å². The summed E-state index contributed by atoms with van der Waals surface area (Å²) in [5.74, 6) is 0. The quantitative estimate of drug-likeness (QED) is 0.777. The summed E-state index contributed by atoms with van der Waals surface area (Å²) in [5, 5.41) is 10.2. The summed E-state index contributed by atoms with van der Waals surface area (Å²) >= 11 is 0. The van der Waals surface area contributed by atoms with E-state index in [0.29, 0.717) is 0 Å². The average Bonchev–Trinajstić information content (AvgIpc) is 2.21. The monoisotopic (exact) mass is 192 g/mol. The van der Waals surface area contributed by atoms with Crippen molar-refractivity contribution in [1.29, 1.82) is 0 Å². The van der Waals surface area contributed by atoms with Crippen LogP contribution in [-0.2, 0) is 6.42 Å². The molecule has 0 heterocycles. The number of hydrogen-bond acceptors (Lipinski definition) is 1. The summed E-state index contributed by atoms with van der Waals surface area (Å²) in [6.45, 7) is 6.19. The molecular weight excluding hydrogens is 172 g/mol. The van der Waals surface area contributed by atoms with Gasteiger partial charge in [0.1, 0.15) is 0 Å². The van der Waals surface area contributed by atoms with Gasteiger partial charge in [0.15, 0.2) is 0 Å². The van der Waals surface area contributed by atoms with Crippen LogP contribution in [0.5, 0.6) is 0 Å². The zero-order valence-corrected chi connectivity index (χ0v) is 9.38. The second-order valence-corrected chi connectivity index (χ2v) is 4.03. The molecule has 0 spiro atoms. The van der Waals surface area contributed by atoms with Gasteiger partial charge in [-0.3, -0.25) is 0 Å². The highest BCUT2D eigenvalue weighted by molar-refractivity contribution is 5.26. The summed E-state index contributed by atoms with van der Waals surface area (Å²) in [5.41, 5.74) is 2.01. The molecule has 0 saturated heterocycles. The SMILES string of the molecule is CCC(O)(CC)Cc1ccccc1C. The van der Waals surface area contributed by atoms with Gasteiger partial charge in [0.05, 0.1) is 5.60 Å². The number of rotatable bonds is 4. The van der Waals surface area contributed by atoms with Gasteiger partial charge in [-0.25, -0.2) is 0 Å². The zero-order chi connectivity index (χ0) is 10.6. The molecule has 0 unspecified atom stereocenters. The summed E-state index contributed by atoms with van der Waals surface area (Å²) in [7, 11) is 0. The highest BCUT2D eigenvalue weighted by Gasteiger charge is 2.22. The molecule has 0 aromatic heterocycles. The fourth-order valence-electron chi connectivity index (χ4n) is 1.66. The molecule has 1 aromatic carbocycles. The van der Waals surface area contributed by atoms with Crippen LogP contribution < -0.4 is 0 Å². The zero-order valence-electron chi connectivity index (χ0n) is 9.38. The number of aliphatic hydroxyl groups is 1. The lowest BCUT2D eigenvalue weighted by atomic mass is 9.88. The van der Waals surface area contributed by atoms with E-state index in [1.54, 1.807) is 0 Å². The molecule has 0 aliphatic heterocycles. The van der Waals surface area contributed by atoms with Crippen molar-refractivity contribution in [1.82, 2.24) is 0 Å². The summed E-state index contributed by atoms with van der Waals surface area (Å²) in [4.78, 5) is 0. The van der Waals surface area contributed by atoms with Crippen molar-refractivity contribution in [2.75, 3.05) is 0 Å². The Morgan fingerprint density at radius 3 is 2.21 bits per heavy atom. The van der Waals surface area contributed by atoms with Gasteiger partial charge in [0.2, 0.25) is 0 Å². The number of aryl methyl sites for hydroxylation is 1. The average molecular weight is 192 g/mol. The normalized spacial score (nSPS) is 11.7. The predicted octanol–water partition coefficient (Wildman–Crippen LogP) is 3.09. The Morgan fingerprint density at radius 1 is 1.14 bits per heavy atom. The van der Waals surface area contributed by atoms with Crippen LogP contribution in [0.4, 0.5) is 0 Å². The van der Waals surface area contributed by atoms with E-state index >= 15 is 0 Å². The first-order chi connectivity index (χ1) is 6.61. The van der Waals surface area contributed by atoms with Crippen molar-refractivity contribution >= 4 is 0 Å². The van der Waals surface area contributed by atoms with Crippen LogP contribution in [0.15, 0.2) is 24.3 Å². The molecule has 1 rings (SSSR count). The molecule has 0 bridgehead atoms. The molecule has 78 valence electrons. The van der Waals surface area contributed by atoms with Gasteiger partial charge >= 0.3 is 0 Å². The van der Waals surface area contributed by atoms with Gasteiger partial charge in [0.25, 0.3) is 0 Å². The highest BCUT2D eigenvalue weighted by Crippen LogP contribution is 2.22. The van der Waals surface area contributed by atoms with Crippen LogP contribution in [0.2, 0.25) is 0 Å². The van der Waals surface area contributed by atoms with Crippen LogP contribution in [0.25, 0.3) is 0 Å². The van der Waals surface area contributed by atoms with E-state index in [-0.39, 0.29) is 0 Å². The van der Waals surface area contributed by atoms with Gasteiger partial charge in [-0.2, -0.15) is 0 Å². The van der Waals surface area contributed by atoms with E-state index < -0.39 is 5.60 Å². The van der Waals surface area contributed by atoms with Crippen LogP contribution in [0.3, 0.4) is 0 Å². The van der Waals surface area contributed by atoms with E-state index in [0.717, 1.165) is 19.3 Å². The van der Waals surface area contributed by atoms with Gasteiger partial charge in [0, 0.05) is 6.42 Å². The van der Waals surface area contributed by atoms with Crippen molar-refractivity contribution in [3.05, 3.63) is 35.4 Å². The summed E-state index contributed by atoms with van der Waals surface area (Å²) < 4.78 is 0. The van der Waals surface area contributed by atoms with Crippen molar-refractivity contribution in [3.8, 4) is 0 Å². The van der Waals surface area contributed by atoms with Crippen molar-refractivity contribution < 1.29 is 5.11 Å². The van der Waals surface area contributed by atoms with Crippen molar-refractivity contribution in [2.45, 2.75) is 45.6 Å². The molecule has 0 fully saturated rings. The topological polar surface area (TPSA) is 20.2 Å². The van der Waals surface area contributed by atoms with E-state index in [1.165, 1.54) is 11.1 Å². The molecule has 14 heavy (non-hydrogen) atoms. The van der Waals surface area contributed by atoms with E-state index in [1.807, 2.05) is 26.0 Å². The standard InChI is InChI=1S/C13H20O/c1-4-13(14,5-2)10-12-9-7-6-8-11(12)3/h6-9,14H,4-5,10H2,1-3H3. The Kier molecular flexibility index (Phi) is 3.70. The highest BCUT2D eigenvalue weighted by atomic mass is 16.3. The molecule has 1 N–H and O–H groups in total. The Labute approximate surface area is 86.8 Å².